The number of aromatic nitrogens is 1. The van der Waals surface area contributed by atoms with Crippen molar-refractivity contribution in [1.82, 2.24) is 15.6 Å². The molecule has 0 saturated carbocycles. The largest absolute Gasteiger partial charge is 0.356 e. The lowest BCUT2D eigenvalue weighted by Gasteiger charge is -2.20. The van der Waals surface area contributed by atoms with E-state index in [9.17, 15) is 8.42 Å². The number of hydrogen-bond donors (Lipinski definition) is 2. The minimum Gasteiger partial charge on any atom is -0.356 e. The van der Waals surface area contributed by atoms with E-state index in [4.69, 9.17) is 0 Å². The van der Waals surface area contributed by atoms with Crippen LogP contribution in [-0.2, 0) is 22.9 Å². The van der Waals surface area contributed by atoms with Gasteiger partial charge in [0.15, 0.2) is 5.96 Å². The average Bonchev–Trinajstić information content (AvgIpc) is 3.12. The Bertz CT molecular complexity index is 884. The third-order valence-corrected chi connectivity index (χ3v) is 6.23. The van der Waals surface area contributed by atoms with Gasteiger partial charge in [-0.05, 0) is 30.2 Å². The Balaban J connectivity index is 1.46. The van der Waals surface area contributed by atoms with Gasteiger partial charge in [0.05, 0.1) is 11.4 Å². The van der Waals surface area contributed by atoms with Gasteiger partial charge in [-0.15, -0.1) is 0 Å². The molecule has 0 fully saturated rings. The smallest absolute Gasteiger partial charge is 0.236 e. The molecule has 0 spiro atoms. The number of nitrogens with zero attached hydrogens (tertiary/aromatic N) is 3. The number of nitrogens with one attached hydrogen (secondary N) is 2. The SMILES string of the molecule is CN=C(NCCc1ccccn1)NCCS(=O)(=O)N1CCc2ccccc21. The maximum Gasteiger partial charge on any atom is 0.236 e. The van der Waals surface area contributed by atoms with Crippen molar-refractivity contribution in [3.8, 4) is 0 Å². The Hall–Kier alpha value is -2.61. The average molecular weight is 388 g/mol. The van der Waals surface area contributed by atoms with Crippen molar-refractivity contribution >= 4 is 21.7 Å². The van der Waals surface area contributed by atoms with Crippen molar-refractivity contribution in [3.63, 3.8) is 0 Å². The Morgan fingerprint density at radius 3 is 2.70 bits per heavy atom. The number of anilines is 1. The molecule has 0 amide bonds. The number of guanidine groups is 1. The predicted molar refractivity (Wildman–Crippen MR) is 109 cm³/mol. The molecule has 7 nitrogen and oxygen atoms in total. The number of pyridine rings is 1. The molecule has 1 aromatic carbocycles. The van der Waals surface area contributed by atoms with Crippen LogP contribution >= 0.6 is 0 Å². The monoisotopic (exact) mass is 387 g/mol. The summed E-state index contributed by atoms with van der Waals surface area (Å²) in [7, 11) is -1.69. The third kappa shape index (κ3) is 4.97. The molecule has 2 N–H and O–H groups in total. The van der Waals surface area contributed by atoms with Crippen LogP contribution in [0.1, 0.15) is 11.3 Å². The number of aliphatic imine (C=N–C) groups is 1. The van der Waals surface area contributed by atoms with E-state index in [1.807, 2.05) is 42.5 Å². The molecule has 0 atom stereocenters. The summed E-state index contributed by atoms with van der Waals surface area (Å²) >= 11 is 0. The van der Waals surface area contributed by atoms with Crippen molar-refractivity contribution in [2.24, 2.45) is 4.99 Å². The molecule has 1 aliphatic rings. The summed E-state index contributed by atoms with van der Waals surface area (Å²) in [6.07, 6.45) is 3.30. The van der Waals surface area contributed by atoms with Gasteiger partial charge in [0.25, 0.3) is 0 Å². The quantitative estimate of drug-likeness (QED) is 0.550. The lowest BCUT2D eigenvalue weighted by atomic mass is 10.2. The van der Waals surface area contributed by atoms with Gasteiger partial charge in [0.2, 0.25) is 10.0 Å². The summed E-state index contributed by atoms with van der Waals surface area (Å²) in [6.45, 7) is 1.48. The van der Waals surface area contributed by atoms with Crippen LogP contribution in [0.4, 0.5) is 5.69 Å². The first-order valence-corrected chi connectivity index (χ1v) is 10.6. The summed E-state index contributed by atoms with van der Waals surface area (Å²) in [5.41, 5.74) is 2.88. The molecule has 0 bridgehead atoms. The van der Waals surface area contributed by atoms with Crippen LogP contribution in [0.3, 0.4) is 0 Å². The highest BCUT2D eigenvalue weighted by Crippen LogP contribution is 2.29. The highest BCUT2D eigenvalue weighted by molar-refractivity contribution is 7.92. The lowest BCUT2D eigenvalue weighted by Crippen LogP contribution is -2.42. The number of para-hydroxylation sites is 1. The van der Waals surface area contributed by atoms with E-state index in [2.05, 4.69) is 20.6 Å². The van der Waals surface area contributed by atoms with E-state index in [-0.39, 0.29) is 5.75 Å². The van der Waals surface area contributed by atoms with Crippen molar-refractivity contribution in [1.29, 1.82) is 0 Å². The molecule has 3 rings (SSSR count). The standard InChI is InChI=1S/C19H25N5O2S/c1-20-19(22-12-9-17-7-4-5-11-21-17)23-13-15-27(25,26)24-14-10-16-6-2-3-8-18(16)24/h2-8,11H,9-10,12-15H2,1H3,(H2,20,22,23). The molecule has 0 unspecified atom stereocenters. The third-order valence-electron chi connectivity index (χ3n) is 4.46. The van der Waals surface area contributed by atoms with Gasteiger partial charge in [0, 0.05) is 45.0 Å². The van der Waals surface area contributed by atoms with Crippen molar-refractivity contribution in [3.05, 3.63) is 59.9 Å². The summed E-state index contributed by atoms with van der Waals surface area (Å²) in [5.74, 6) is 0.602. The summed E-state index contributed by atoms with van der Waals surface area (Å²) in [6, 6.07) is 13.5. The second-order valence-electron chi connectivity index (χ2n) is 6.26. The topological polar surface area (TPSA) is 86.7 Å². The van der Waals surface area contributed by atoms with Gasteiger partial charge < -0.3 is 10.6 Å². The van der Waals surface area contributed by atoms with Crippen molar-refractivity contribution in [2.75, 3.05) is 36.7 Å². The molecular weight excluding hydrogens is 362 g/mol. The van der Waals surface area contributed by atoms with Gasteiger partial charge in [-0.25, -0.2) is 8.42 Å². The van der Waals surface area contributed by atoms with Crippen LogP contribution in [-0.4, -0.2) is 51.8 Å². The highest BCUT2D eigenvalue weighted by atomic mass is 32.2. The van der Waals surface area contributed by atoms with E-state index >= 15 is 0 Å². The maximum atomic E-state index is 12.7. The van der Waals surface area contributed by atoms with Crippen LogP contribution < -0.4 is 14.9 Å². The van der Waals surface area contributed by atoms with E-state index in [1.165, 1.54) is 4.31 Å². The minimum atomic E-state index is -3.36. The number of fused-ring (bicyclic) bond motifs is 1. The molecule has 8 heteroatoms. The van der Waals surface area contributed by atoms with Crippen LogP contribution in [0, 0.1) is 0 Å². The van der Waals surface area contributed by atoms with Crippen LogP contribution in [0.5, 0.6) is 0 Å². The fraction of sp³-hybridized carbons (Fsp3) is 0.368. The molecule has 2 heterocycles. The van der Waals surface area contributed by atoms with Crippen LogP contribution in [0.2, 0.25) is 0 Å². The van der Waals surface area contributed by atoms with Crippen LogP contribution in [0.25, 0.3) is 0 Å². The van der Waals surface area contributed by atoms with Gasteiger partial charge in [0.1, 0.15) is 0 Å². The number of sulfonamides is 1. The normalized spacial score (nSPS) is 14.1. The molecule has 1 aromatic heterocycles. The zero-order valence-electron chi connectivity index (χ0n) is 15.4. The summed E-state index contributed by atoms with van der Waals surface area (Å²) in [4.78, 5) is 8.41. The molecule has 27 heavy (non-hydrogen) atoms. The zero-order valence-corrected chi connectivity index (χ0v) is 16.2. The Labute approximate surface area is 160 Å². The molecule has 0 radical (unpaired) electrons. The second-order valence-corrected chi connectivity index (χ2v) is 8.28. The van der Waals surface area contributed by atoms with E-state index in [1.54, 1.807) is 13.2 Å². The Morgan fingerprint density at radius 1 is 1.15 bits per heavy atom. The number of rotatable bonds is 7. The molecule has 1 aliphatic heterocycles. The van der Waals surface area contributed by atoms with Gasteiger partial charge in [-0.1, -0.05) is 24.3 Å². The second kappa shape index (κ2) is 8.85. The fourth-order valence-corrected chi connectivity index (χ4v) is 4.51. The number of benzene rings is 1. The minimum absolute atomic E-state index is 0.0161. The predicted octanol–water partition coefficient (Wildman–Crippen LogP) is 1.18. The first kappa shape index (κ1) is 19.2. The van der Waals surface area contributed by atoms with E-state index in [0.717, 1.165) is 29.8 Å². The molecule has 2 aromatic rings. The molecule has 0 saturated heterocycles. The molecule has 144 valence electrons. The first-order valence-electron chi connectivity index (χ1n) is 9.03. The van der Waals surface area contributed by atoms with Crippen molar-refractivity contribution in [2.45, 2.75) is 12.8 Å². The number of hydrogen-bond acceptors (Lipinski definition) is 4. The van der Waals surface area contributed by atoms with Gasteiger partial charge in [-0.3, -0.25) is 14.3 Å². The highest BCUT2D eigenvalue weighted by Gasteiger charge is 2.28. The van der Waals surface area contributed by atoms with E-state index < -0.39 is 10.0 Å². The molecular formula is C19H25N5O2S. The zero-order chi connectivity index (χ0) is 19.1. The maximum absolute atomic E-state index is 12.7. The van der Waals surface area contributed by atoms with Gasteiger partial charge in [-0.2, -0.15) is 0 Å². The Morgan fingerprint density at radius 2 is 1.93 bits per heavy atom. The molecule has 0 aliphatic carbocycles. The lowest BCUT2D eigenvalue weighted by molar-refractivity contribution is 0.591. The first-order chi connectivity index (χ1) is 13.1. The summed E-state index contributed by atoms with van der Waals surface area (Å²) in [5, 5.41) is 6.25. The van der Waals surface area contributed by atoms with Gasteiger partial charge >= 0.3 is 0 Å². The Kier molecular flexibility index (Phi) is 6.28. The summed E-state index contributed by atoms with van der Waals surface area (Å²) < 4.78 is 26.9. The van der Waals surface area contributed by atoms with E-state index in [0.29, 0.717) is 25.6 Å². The van der Waals surface area contributed by atoms with Crippen LogP contribution in [0.15, 0.2) is 53.7 Å². The van der Waals surface area contributed by atoms with Crippen molar-refractivity contribution < 1.29 is 8.42 Å². The fourth-order valence-electron chi connectivity index (χ4n) is 3.08.